The molecular formula is C44H85O20P3S. The third-order valence-corrected chi connectivity index (χ3v) is 14.5. The summed E-state index contributed by atoms with van der Waals surface area (Å²) >= 11 is 1.45. The van der Waals surface area contributed by atoms with Crippen molar-refractivity contribution in [2.75, 3.05) is 19.0 Å². The molecule has 24 heteroatoms. The Hall–Kier alpha value is -0.830. The van der Waals surface area contributed by atoms with Crippen LogP contribution in [0.4, 0.5) is 0 Å². The van der Waals surface area contributed by atoms with Crippen LogP contribution in [-0.4, -0.2) is 119 Å². The lowest BCUT2D eigenvalue weighted by Crippen LogP contribution is -2.65. The predicted molar refractivity (Wildman–Crippen MR) is 256 cm³/mol. The summed E-state index contributed by atoms with van der Waals surface area (Å²) in [5, 5.41) is 32.2. The van der Waals surface area contributed by atoms with Gasteiger partial charge in [0.2, 0.25) is 0 Å². The summed E-state index contributed by atoms with van der Waals surface area (Å²) in [5.41, 5.74) is 0. The van der Waals surface area contributed by atoms with Crippen LogP contribution >= 0.6 is 35.2 Å². The van der Waals surface area contributed by atoms with Crippen molar-refractivity contribution in [1.29, 1.82) is 0 Å². The lowest BCUT2D eigenvalue weighted by molar-refractivity contribution is -0.213. The number of ether oxygens (including phenoxy) is 2. The molecule has 1 aliphatic carbocycles. The Bertz CT molecular complexity index is 1460. The highest BCUT2D eigenvalue weighted by Gasteiger charge is 2.56. The number of phosphoric acid groups is 3. The molecule has 68 heavy (non-hydrogen) atoms. The van der Waals surface area contributed by atoms with E-state index < -0.39 is 91.3 Å². The molecule has 402 valence electrons. The molecule has 0 aromatic carbocycles. The minimum Gasteiger partial charge on any atom is -0.462 e. The molecular weight excluding hydrogens is 973 g/mol. The van der Waals surface area contributed by atoms with Crippen LogP contribution in [0.25, 0.3) is 0 Å². The zero-order chi connectivity index (χ0) is 50.9. The van der Waals surface area contributed by atoms with Gasteiger partial charge in [-0.1, -0.05) is 167 Å². The van der Waals surface area contributed by atoms with E-state index in [0.717, 1.165) is 89.2 Å². The fraction of sp³-hybridized carbons (Fsp3) is 0.932. The van der Waals surface area contributed by atoms with Crippen molar-refractivity contribution in [2.45, 2.75) is 243 Å². The number of esters is 2. The summed E-state index contributed by atoms with van der Waals surface area (Å²) in [6.45, 7) is 2.69. The van der Waals surface area contributed by atoms with Gasteiger partial charge in [-0.15, -0.1) is 0 Å². The molecule has 0 spiro atoms. The van der Waals surface area contributed by atoms with Gasteiger partial charge in [0.15, 0.2) is 11.2 Å². The Labute approximate surface area is 408 Å². The van der Waals surface area contributed by atoms with E-state index in [1.807, 2.05) is 6.92 Å². The van der Waals surface area contributed by atoms with Gasteiger partial charge < -0.3 is 49.3 Å². The van der Waals surface area contributed by atoms with Gasteiger partial charge in [-0.3, -0.25) is 32.5 Å². The predicted octanol–water partition coefficient (Wildman–Crippen LogP) is 8.61. The standard InChI is InChI=1S/C44H85O20P3S/c1-3-5-6-7-8-9-10-11-15-18-21-24-27-31-37(46)61-35(33-59-36(45)30-26-23-20-17-14-12-13-16-19-22-25-28-32-68-38(47)29-4-2)34-60-67(57,58)64-44-40(49)42(62-65(51,52)53)39(48)43(41(44)50)63-66(54,55)56/h35,39-44,48-50H,3-34H2,1-2H3,(H,57,58)(H2,51,52,53)(H2,54,55,56)/t35-,39?,40-,41?,42-,43+,44?/m1/s1. The Morgan fingerprint density at radius 2 is 0.838 bits per heavy atom. The number of carbonyl (C=O) groups is 3. The molecule has 0 aliphatic heterocycles. The molecule has 1 aliphatic rings. The summed E-state index contributed by atoms with van der Waals surface area (Å²) in [7, 11) is -16.6. The molecule has 8 N–H and O–H groups in total. The average molecular weight is 1060 g/mol. The third-order valence-electron chi connectivity index (χ3n) is 11.4. The van der Waals surface area contributed by atoms with Crippen molar-refractivity contribution in [2.24, 2.45) is 0 Å². The van der Waals surface area contributed by atoms with Gasteiger partial charge in [-0.05, 0) is 25.7 Å². The van der Waals surface area contributed by atoms with Crippen LogP contribution in [0.3, 0.4) is 0 Å². The lowest BCUT2D eigenvalue weighted by Gasteiger charge is -2.44. The summed E-state index contributed by atoms with van der Waals surface area (Å²) in [5.74, 6) is -0.419. The van der Waals surface area contributed by atoms with Crippen LogP contribution in [0.1, 0.15) is 200 Å². The van der Waals surface area contributed by atoms with Crippen LogP contribution in [0.2, 0.25) is 0 Å². The van der Waals surface area contributed by atoms with Crippen LogP contribution in [0.5, 0.6) is 0 Å². The highest BCUT2D eigenvalue weighted by Crippen LogP contribution is 2.51. The topological polar surface area (TPSA) is 320 Å². The summed E-state index contributed by atoms with van der Waals surface area (Å²) in [6.07, 6.45) is 11.9. The van der Waals surface area contributed by atoms with Gasteiger partial charge >= 0.3 is 35.4 Å². The number of rotatable bonds is 43. The molecule has 1 rings (SSSR count). The molecule has 20 nitrogen and oxygen atoms in total. The van der Waals surface area contributed by atoms with Crippen molar-refractivity contribution in [3.8, 4) is 0 Å². The van der Waals surface area contributed by atoms with E-state index in [1.54, 1.807) is 0 Å². The normalized spacial score (nSPS) is 21.3. The SMILES string of the molecule is CCCCCCCCCCCCCCCC(=O)O[C@H](COC(=O)CCCCCCCCCCCCCCSC(=O)CCC)COP(=O)(O)OC1C(O)[C@@H](OP(=O)(O)O)C(O)[C@@H](OP(=O)(O)O)[C@H]1O. The van der Waals surface area contributed by atoms with Gasteiger partial charge in [-0.2, -0.15) is 0 Å². The molecule has 0 aromatic heterocycles. The van der Waals surface area contributed by atoms with Crippen LogP contribution < -0.4 is 0 Å². The Morgan fingerprint density at radius 3 is 1.24 bits per heavy atom. The summed E-state index contributed by atoms with van der Waals surface area (Å²) < 4.78 is 65.6. The van der Waals surface area contributed by atoms with Gasteiger partial charge in [0.05, 0.1) is 6.61 Å². The van der Waals surface area contributed by atoms with E-state index in [2.05, 4.69) is 16.0 Å². The van der Waals surface area contributed by atoms with Crippen molar-refractivity contribution < 1.29 is 95.4 Å². The zero-order valence-electron chi connectivity index (χ0n) is 40.4. The van der Waals surface area contributed by atoms with Crippen molar-refractivity contribution in [3.63, 3.8) is 0 Å². The number of phosphoric ester groups is 3. The molecule has 1 saturated carbocycles. The van der Waals surface area contributed by atoms with Crippen molar-refractivity contribution >= 4 is 52.3 Å². The number of hydrogen-bond donors (Lipinski definition) is 8. The van der Waals surface area contributed by atoms with Crippen LogP contribution in [0.15, 0.2) is 0 Å². The quantitative estimate of drug-likeness (QED) is 0.0161. The van der Waals surface area contributed by atoms with Gasteiger partial charge in [0.25, 0.3) is 0 Å². The van der Waals surface area contributed by atoms with E-state index in [9.17, 15) is 67.9 Å². The smallest absolute Gasteiger partial charge is 0.462 e. The summed E-state index contributed by atoms with van der Waals surface area (Å²) in [6, 6.07) is 0. The molecule has 1 fully saturated rings. The highest BCUT2D eigenvalue weighted by atomic mass is 32.2. The molecule has 0 heterocycles. The minimum absolute atomic E-state index is 0.0111. The lowest BCUT2D eigenvalue weighted by atomic mass is 9.85. The second-order valence-corrected chi connectivity index (χ2v) is 22.6. The van der Waals surface area contributed by atoms with Gasteiger partial charge in [0, 0.05) is 25.0 Å². The fourth-order valence-corrected chi connectivity index (χ4v) is 10.8. The molecule has 0 radical (unpaired) electrons. The molecule has 8 atom stereocenters. The van der Waals surface area contributed by atoms with Crippen LogP contribution in [-0.2, 0) is 55.6 Å². The van der Waals surface area contributed by atoms with E-state index in [-0.39, 0.29) is 18.0 Å². The first-order valence-electron chi connectivity index (χ1n) is 24.9. The molecule has 0 saturated heterocycles. The van der Waals surface area contributed by atoms with Gasteiger partial charge in [0.1, 0.15) is 43.2 Å². The second kappa shape index (κ2) is 37.8. The number of hydrogen-bond acceptors (Lipinski definition) is 16. The van der Waals surface area contributed by atoms with Gasteiger partial charge in [-0.25, -0.2) is 13.7 Å². The van der Waals surface area contributed by atoms with E-state index in [0.29, 0.717) is 19.3 Å². The zero-order valence-corrected chi connectivity index (χ0v) is 43.9. The van der Waals surface area contributed by atoms with E-state index in [1.165, 1.54) is 82.4 Å². The molecule has 4 unspecified atom stereocenters. The van der Waals surface area contributed by atoms with Crippen molar-refractivity contribution in [3.05, 3.63) is 0 Å². The van der Waals surface area contributed by atoms with E-state index >= 15 is 0 Å². The number of thioether (sulfide) groups is 1. The maximum atomic E-state index is 13.1. The maximum absolute atomic E-state index is 13.1. The second-order valence-electron chi connectivity index (χ2n) is 17.7. The first-order chi connectivity index (χ1) is 32.2. The number of unbranched alkanes of at least 4 members (excludes halogenated alkanes) is 23. The molecule has 0 aromatic rings. The molecule has 0 amide bonds. The summed E-state index contributed by atoms with van der Waals surface area (Å²) in [4.78, 5) is 84.9. The Kier molecular flexibility index (Phi) is 36.3. The first kappa shape index (κ1) is 65.2. The monoisotopic (exact) mass is 1060 g/mol. The molecule has 0 bridgehead atoms. The van der Waals surface area contributed by atoms with Crippen LogP contribution in [0, 0.1) is 0 Å². The first-order valence-corrected chi connectivity index (χ1v) is 30.4. The fourth-order valence-electron chi connectivity index (χ4n) is 7.73. The number of carbonyl (C=O) groups excluding carboxylic acids is 3. The Balaban J connectivity index is 2.68. The van der Waals surface area contributed by atoms with Crippen molar-refractivity contribution in [1.82, 2.24) is 0 Å². The Morgan fingerprint density at radius 1 is 0.471 bits per heavy atom. The third kappa shape index (κ3) is 33.8. The maximum Gasteiger partial charge on any atom is 0.472 e. The number of aliphatic hydroxyl groups is 3. The average Bonchev–Trinajstić information content (AvgIpc) is 3.26. The number of aliphatic hydroxyl groups excluding tert-OH is 3. The van der Waals surface area contributed by atoms with E-state index in [4.69, 9.17) is 18.5 Å². The minimum atomic E-state index is -5.55. The largest absolute Gasteiger partial charge is 0.472 e. The highest BCUT2D eigenvalue weighted by molar-refractivity contribution is 8.13.